The third kappa shape index (κ3) is 2.29. The molecule has 3 N–H and O–H groups in total. The van der Waals surface area contributed by atoms with Crippen molar-refractivity contribution in [2.45, 2.75) is 19.9 Å². The highest BCUT2D eigenvalue weighted by Gasteiger charge is 2.10. The fourth-order valence-electron chi connectivity index (χ4n) is 1.73. The van der Waals surface area contributed by atoms with Crippen molar-refractivity contribution in [3.63, 3.8) is 0 Å². The van der Waals surface area contributed by atoms with Crippen molar-refractivity contribution < 1.29 is 0 Å². The second-order valence-electron chi connectivity index (χ2n) is 3.84. The number of rotatable bonds is 3. The smallest absolute Gasteiger partial charge is 0.290 e. The van der Waals surface area contributed by atoms with Crippen molar-refractivity contribution in [2.24, 2.45) is 0 Å². The second kappa shape index (κ2) is 4.79. The first kappa shape index (κ1) is 12.0. The van der Waals surface area contributed by atoms with Gasteiger partial charge in [-0.2, -0.15) is 0 Å². The number of hydrogen-bond acceptors (Lipinski definition) is 2. The molecule has 0 amide bonds. The van der Waals surface area contributed by atoms with E-state index in [4.69, 9.17) is 5.73 Å². The Morgan fingerprint density at radius 3 is 2.71 bits per heavy atom. The topological polar surface area (TPSA) is 63.8 Å². The van der Waals surface area contributed by atoms with Crippen LogP contribution < -0.4 is 11.3 Å². The van der Waals surface area contributed by atoms with Crippen LogP contribution in [0.5, 0.6) is 0 Å². The van der Waals surface area contributed by atoms with E-state index in [1.807, 2.05) is 31.2 Å². The van der Waals surface area contributed by atoms with Crippen LogP contribution in [0.3, 0.4) is 0 Å². The number of nitrogens with one attached hydrogen (secondary N) is 1. The van der Waals surface area contributed by atoms with Crippen LogP contribution in [0, 0.1) is 0 Å². The first-order chi connectivity index (χ1) is 8.13. The van der Waals surface area contributed by atoms with Crippen molar-refractivity contribution in [3.8, 4) is 0 Å². The first-order valence-electron chi connectivity index (χ1n) is 5.44. The molecule has 0 aliphatic rings. The van der Waals surface area contributed by atoms with Gasteiger partial charge in [0, 0.05) is 4.47 Å². The van der Waals surface area contributed by atoms with Crippen molar-refractivity contribution in [2.75, 3.05) is 5.73 Å². The van der Waals surface area contributed by atoms with Crippen LogP contribution in [0.1, 0.15) is 18.2 Å². The van der Waals surface area contributed by atoms with Crippen LogP contribution in [0.25, 0.3) is 0 Å². The maximum atomic E-state index is 11.9. The molecule has 0 aliphatic carbocycles. The molecule has 4 nitrogen and oxygen atoms in total. The Morgan fingerprint density at radius 1 is 1.41 bits per heavy atom. The summed E-state index contributed by atoms with van der Waals surface area (Å²) in [5.74, 6) is 0. The van der Waals surface area contributed by atoms with Gasteiger partial charge in [0.05, 0.1) is 12.2 Å². The van der Waals surface area contributed by atoms with Gasteiger partial charge in [-0.25, -0.2) is 4.68 Å². The Hall–Kier alpha value is -1.49. The molecule has 0 atom stereocenters. The number of aryl methyl sites for hydroxylation is 1. The molecular formula is C12H14BrN3O. The van der Waals surface area contributed by atoms with Crippen molar-refractivity contribution >= 4 is 21.6 Å². The van der Waals surface area contributed by atoms with Crippen molar-refractivity contribution in [3.05, 3.63) is 50.3 Å². The highest BCUT2D eigenvalue weighted by molar-refractivity contribution is 9.10. The Bertz CT molecular complexity index is 586. The van der Waals surface area contributed by atoms with Gasteiger partial charge in [-0.1, -0.05) is 41.1 Å². The van der Waals surface area contributed by atoms with Gasteiger partial charge in [-0.3, -0.25) is 9.89 Å². The highest BCUT2D eigenvalue weighted by atomic mass is 79.9. The van der Waals surface area contributed by atoms with E-state index < -0.39 is 0 Å². The number of nitrogens with two attached hydrogens (primary N) is 1. The summed E-state index contributed by atoms with van der Waals surface area (Å²) in [5, 5.41) is 3.03. The standard InChI is InChI=1S/C12H14BrN3O/c1-2-10-11(14)12(17)16(15-10)7-8-5-3-4-6-9(8)13/h3-6,15H,2,7,14H2,1H3. The molecule has 0 bridgehead atoms. The summed E-state index contributed by atoms with van der Waals surface area (Å²) < 4.78 is 2.52. The van der Waals surface area contributed by atoms with Gasteiger partial charge >= 0.3 is 0 Å². The molecule has 1 aromatic heterocycles. The lowest BCUT2D eigenvalue weighted by Crippen LogP contribution is -2.19. The maximum Gasteiger partial charge on any atom is 0.290 e. The molecule has 0 radical (unpaired) electrons. The minimum absolute atomic E-state index is 0.155. The number of halogens is 1. The number of anilines is 1. The number of nitrogens with zero attached hydrogens (tertiary/aromatic N) is 1. The van der Waals surface area contributed by atoms with Crippen LogP contribution >= 0.6 is 15.9 Å². The minimum atomic E-state index is -0.155. The minimum Gasteiger partial charge on any atom is -0.393 e. The summed E-state index contributed by atoms with van der Waals surface area (Å²) in [5.41, 5.74) is 7.73. The van der Waals surface area contributed by atoms with Crippen molar-refractivity contribution in [1.29, 1.82) is 0 Å². The Morgan fingerprint density at radius 2 is 2.12 bits per heavy atom. The lowest BCUT2D eigenvalue weighted by atomic mass is 10.2. The molecule has 2 aromatic rings. The van der Waals surface area contributed by atoms with Gasteiger partial charge in [0.15, 0.2) is 0 Å². The molecule has 0 fully saturated rings. The van der Waals surface area contributed by atoms with E-state index in [1.165, 1.54) is 4.68 Å². The van der Waals surface area contributed by atoms with Crippen LogP contribution in [0.4, 0.5) is 5.69 Å². The van der Waals surface area contributed by atoms with Gasteiger partial charge in [0.2, 0.25) is 0 Å². The highest BCUT2D eigenvalue weighted by Crippen LogP contribution is 2.16. The van der Waals surface area contributed by atoms with E-state index in [9.17, 15) is 4.79 Å². The molecule has 0 unspecified atom stereocenters. The molecule has 0 saturated carbocycles. The van der Waals surface area contributed by atoms with E-state index in [0.717, 1.165) is 22.2 Å². The zero-order chi connectivity index (χ0) is 12.4. The molecular weight excluding hydrogens is 282 g/mol. The molecule has 0 aliphatic heterocycles. The largest absolute Gasteiger partial charge is 0.393 e. The van der Waals surface area contributed by atoms with E-state index in [1.54, 1.807) is 0 Å². The summed E-state index contributed by atoms with van der Waals surface area (Å²) in [6, 6.07) is 7.81. The summed E-state index contributed by atoms with van der Waals surface area (Å²) in [4.78, 5) is 11.9. The summed E-state index contributed by atoms with van der Waals surface area (Å²) >= 11 is 3.46. The molecule has 2 rings (SSSR count). The number of hydrogen-bond donors (Lipinski definition) is 2. The SMILES string of the molecule is CCc1[nH]n(Cc2ccccc2Br)c(=O)c1N. The van der Waals surface area contributed by atoms with Gasteiger partial charge in [-0.15, -0.1) is 0 Å². The molecule has 0 saturated heterocycles. The van der Waals surface area contributed by atoms with Crippen LogP contribution in [0.15, 0.2) is 33.5 Å². The number of H-pyrrole nitrogens is 1. The molecule has 90 valence electrons. The number of benzene rings is 1. The lowest BCUT2D eigenvalue weighted by molar-refractivity contribution is 0.651. The summed E-state index contributed by atoms with van der Waals surface area (Å²) in [6.07, 6.45) is 0.726. The van der Waals surface area contributed by atoms with E-state index in [0.29, 0.717) is 12.2 Å². The Balaban J connectivity index is 2.37. The predicted octanol–water partition coefficient (Wildman–Crippen LogP) is 2.13. The second-order valence-corrected chi connectivity index (χ2v) is 4.69. The fraction of sp³-hybridized carbons (Fsp3) is 0.250. The molecule has 5 heteroatoms. The zero-order valence-corrected chi connectivity index (χ0v) is 11.1. The Kier molecular flexibility index (Phi) is 3.38. The first-order valence-corrected chi connectivity index (χ1v) is 6.23. The zero-order valence-electron chi connectivity index (χ0n) is 9.53. The Labute approximate surface area is 108 Å². The quantitative estimate of drug-likeness (QED) is 0.911. The monoisotopic (exact) mass is 295 g/mol. The van der Waals surface area contributed by atoms with E-state index in [-0.39, 0.29) is 5.56 Å². The lowest BCUT2D eigenvalue weighted by Gasteiger charge is -2.04. The average Bonchev–Trinajstić information content (AvgIpc) is 2.60. The number of aromatic amines is 1. The third-order valence-corrected chi connectivity index (χ3v) is 3.48. The summed E-state index contributed by atoms with van der Waals surface area (Å²) in [6.45, 7) is 2.45. The molecule has 1 heterocycles. The number of nitrogen functional groups attached to an aromatic ring is 1. The number of aromatic nitrogens is 2. The molecule has 0 spiro atoms. The van der Waals surface area contributed by atoms with Crippen LogP contribution in [0.2, 0.25) is 0 Å². The van der Waals surface area contributed by atoms with Crippen molar-refractivity contribution in [1.82, 2.24) is 9.78 Å². The average molecular weight is 296 g/mol. The van der Waals surface area contributed by atoms with Gasteiger partial charge < -0.3 is 5.73 Å². The van der Waals surface area contributed by atoms with Crippen LogP contribution in [-0.4, -0.2) is 9.78 Å². The van der Waals surface area contributed by atoms with Crippen LogP contribution in [-0.2, 0) is 13.0 Å². The molecule has 1 aromatic carbocycles. The van der Waals surface area contributed by atoms with Gasteiger partial charge in [-0.05, 0) is 18.1 Å². The van der Waals surface area contributed by atoms with E-state index in [2.05, 4.69) is 21.0 Å². The normalized spacial score (nSPS) is 10.7. The van der Waals surface area contributed by atoms with Gasteiger partial charge in [0.1, 0.15) is 5.69 Å². The third-order valence-electron chi connectivity index (χ3n) is 2.71. The van der Waals surface area contributed by atoms with Gasteiger partial charge in [0.25, 0.3) is 5.56 Å². The maximum absolute atomic E-state index is 11.9. The van der Waals surface area contributed by atoms with E-state index >= 15 is 0 Å². The predicted molar refractivity (Wildman–Crippen MR) is 72.1 cm³/mol. The molecule has 17 heavy (non-hydrogen) atoms. The fourth-order valence-corrected chi connectivity index (χ4v) is 2.14. The summed E-state index contributed by atoms with van der Waals surface area (Å²) in [7, 11) is 0.